The zero-order valence-corrected chi connectivity index (χ0v) is 9.99. The molecule has 1 atom stereocenters. The lowest BCUT2D eigenvalue weighted by atomic mass is 10.1. The molecule has 0 aliphatic heterocycles. The molecule has 0 saturated heterocycles. The minimum atomic E-state index is -0.155. The van der Waals surface area contributed by atoms with Crippen LogP contribution in [-0.4, -0.2) is 6.54 Å². The van der Waals surface area contributed by atoms with E-state index in [1.54, 1.807) is 6.07 Å². The van der Waals surface area contributed by atoms with Crippen LogP contribution >= 0.6 is 39.9 Å². The second-order valence-corrected chi connectivity index (χ2v) is 3.80. The topological polar surface area (TPSA) is 52.0 Å². The Hall–Kier alpha value is 0.200. The minimum Gasteiger partial charge on any atom is -0.329 e. The van der Waals surface area contributed by atoms with Crippen molar-refractivity contribution in [2.45, 2.75) is 6.04 Å². The molecule has 1 rings (SSSR count). The van der Waals surface area contributed by atoms with Crippen molar-refractivity contribution in [2.75, 3.05) is 6.54 Å². The first-order valence-corrected chi connectivity index (χ1v) is 4.73. The van der Waals surface area contributed by atoms with Crippen LogP contribution in [0.2, 0.25) is 5.02 Å². The van der Waals surface area contributed by atoms with E-state index in [1.807, 2.05) is 12.1 Å². The van der Waals surface area contributed by atoms with Crippen molar-refractivity contribution in [3.05, 3.63) is 33.3 Å². The maximum Gasteiger partial charge on any atom is 0.0431 e. The van der Waals surface area contributed by atoms with Crippen LogP contribution in [0.3, 0.4) is 0 Å². The van der Waals surface area contributed by atoms with E-state index in [4.69, 9.17) is 23.1 Å². The summed E-state index contributed by atoms with van der Waals surface area (Å²) in [6.07, 6.45) is 0. The number of hydrogen-bond donors (Lipinski definition) is 2. The molecule has 4 N–H and O–H groups in total. The van der Waals surface area contributed by atoms with E-state index < -0.39 is 0 Å². The van der Waals surface area contributed by atoms with Crippen molar-refractivity contribution in [1.82, 2.24) is 0 Å². The molecule has 0 saturated carbocycles. The van der Waals surface area contributed by atoms with Gasteiger partial charge in [-0.25, -0.2) is 0 Å². The lowest BCUT2D eigenvalue weighted by molar-refractivity contribution is 0.733. The SMILES string of the molecule is Cl.NC[C@H](N)c1cc(Cl)ccc1Br. The van der Waals surface area contributed by atoms with E-state index in [9.17, 15) is 0 Å². The third kappa shape index (κ3) is 3.44. The maximum atomic E-state index is 5.80. The van der Waals surface area contributed by atoms with Crippen LogP contribution in [0, 0.1) is 0 Å². The highest BCUT2D eigenvalue weighted by atomic mass is 79.9. The zero-order valence-electron chi connectivity index (χ0n) is 6.84. The molecule has 1 aromatic rings. The number of benzene rings is 1. The summed E-state index contributed by atoms with van der Waals surface area (Å²) in [5.74, 6) is 0. The molecule has 0 unspecified atom stereocenters. The highest BCUT2D eigenvalue weighted by molar-refractivity contribution is 9.10. The minimum absolute atomic E-state index is 0. The van der Waals surface area contributed by atoms with Crippen molar-refractivity contribution in [3.8, 4) is 0 Å². The molecule has 2 nitrogen and oxygen atoms in total. The van der Waals surface area contributed by atoms with Crippen LogP contribution in [0.1, 0.15) is 11.6 Å². The van der Waals surface area contributed by atoms with Crippen LogP contribution in [0.4, 0.5) is 0 Å². The average molecular weight is 286 g/mol. The Morgan fingerprint density at radius 2 is 2.08 bits per heavy atom. The Balaban J connectivity index is 0.00000144. The van der Waals surface area contributed by atoms with Gasteiger partial charge in [0, 0.05) is 22.1 Å². The Kier molecular flexibility index (Phi) is 5.92. The van der Waals surface area contributed by atoms with Crippen molar-refractivity contribution >= 4 is 39.9 Å². The van der Waals surface area contributed by atoms with Gasteiger partial charge in [0.25, 0.3) is 0 Å². The molecule has 0 aliphatic carbocycles. The van der Waals surface area contributed by atoms with Gasteiger partial charge in [-0.05, 0) is 23.8 Å². The Bertz CT molecular complexity index is 281. The van der Waals surface area contributed by atoms with E-state index in [2.05, 4.69) is 15.9 Å². The summed E-state index contributed by atoms with van der Waals surface area (Å²) in [6.45, 7) is 0.416. The molecule has 1 aromatic carbocycles. The van der Waals surface area contributed by atoms with Gasteiger partial charge in [0.2, 0.25) is 0 Å². The fourth-order valence-corrected chi connectivity index (χ4v) is 1.65. The van der Waals surface area contributed by atoms with Crippen LogP contribution in [-0.2, 0) is 0 Å². The van der Waals surface area contributed by atoms with Gasteiger partial charge >= 0.3 is 0 Å². The summed E-state index contributed by atoms with van der Waals surface area (Å²) in [4.78, 5) is 0. The van der Waals surface area contributed by atoms with Gasteiger partial charge in [-0.1, -0.05) is 27.5 Å². The first-order valence-electron chi connectivity index (χ1n) is 3.55. The maximum absolute atomic E-state index is 5.80. The summed E-state index contributed by atoms with van der Waals surface area (Å²) in [5.41, 5.74) is 12.1. The second-order valence-electron chi connectivity index (χ2n) is 2.51. The molecular formula is C8H11BrCl2N2. The quantitative estimate of drug-likeness (QED) is 0.877. The molecule has 5 heteroatoms. The van der Waals surface area contributed by atoms with Crippen molar-refractivity contribution in [2.24, 2.45) is 11.5 Å². The van der Waals surface area contributed by atoms with Gasteiger partial charge < -0.3 is 11.5 Å². The standard InChI is InChI=1S/C8H10BrClN2.ClH/c9-7-2-1-5(10)3-6(7)8(12)4-11;/h1-3,8H,4,11-12H2;1H/t8-;/m0./s1. The Morgan fingerprint density at radius 3 is 2.62 bits per heavy atom. The highest BCUT2D eigenvalue weighted by Gasteiger charge is 2.07. The summed E-state index contributed by atoms with van der Waals surface area (Å²) < 4.78 is 0.949. The summed E-state index contributed by atoms with van der Waals surface area (Å²) in [7, 11) is 0. The van der Waals surface area contributed by atoms with Crippen LogP contribution in [0.5, 0.6) is 0 Å². The summed E-state index contributed by atoms with van der Waals surface area (Å²) >= 11 is 9.18. The molecular weight excluding hydrogens is 275 g/mol. The van der Waals surface area contributed by atoms with Crippen molar-refractivity contribution in [3.63, 3.8) is 0 Å². The summed E-state index contributed by atoms with van der Waals surface area (Å²) in [5, 5.41) is 0.678. The molecule has 0 aliphatic rings. The summed E-state index contributed by atoms with van der Waals surface area (Å²) in [6, 6.07) is 5.34. The molecule has 0 bridgehead atoms. The second kappa shape index (κ2) is 5.83. The van der Waals surface area contributed by atoms with Gasteiger partial charge in [0.15, 0.2) is 0 Å². The van der Waals surface area contributed by atoms with Crippen molar-refractivity contribution in [1.29, 1.82) is 0 Å². The number of rotatable bonds is 2. The third-order valence-corrected chi connectivity index (χ3v) is 2.57. The molecule has 13 heavy (non-hydrogen) atoms. The van der Waals surface area contributed by atoms with Gasteiger partial charge in [-0.15, -0.1) is 12.4 Å². The lowest BCUT2D eigenvalue weighted by Crippen LogP contribution is -2.21. The van der Waals surface area contributed by atoms with Crippen LogP contribution in [0.25, 0.3) is 0 Å². The Morgan fingerprint density at radius 1 is 1.46 bits per heavy atom. The molecule has 0 radical (unpaired) electrons. The van der Waals surface area contributed by atoms with E-state index in [0.717, 1.165) is 10.0 Å². The zero-order chi connectivity index (χ0) is 9.14. The molecule has 0 aromatic heterocycles. The van der Waals surface area contributed by atoms with Gasteiger partial charge in [-0.2, -0.15) is 0 Å². The number of hydrogen-bond acceptors (Lipinski definition) is 2. The largest absolute Gasteiger partial charge is 0.329 e. The van der Waals surface area contributed by atoms with E-state index >= 15 is 0 Å². The van der Waals surface area contributed by atoms with Crippen LogP contribution in [0.15, 0.2) is 22.7 Å². The predicted molar refractivity (Wildman–Crippen MR) is 62.4 cm³/mol. The monoisotopic (exact) mass is 284 g/mol. The smallest absolute Gasteiger partial charge is 0.0431 e. The molecule has 0 fully saturated rings. The van der Waals surface area contributed by atoms with Gasteiger partial charge in [0.1, 0.15) is 0 Å². The fourth-order valence-electron chi connectivity index (χ4n) is 0.926. The van der Waals surface area contributed by atoms with E-state index in [0.29, 0.717) is 11.6 Å². The molecule has 0 spiro atoms. The Labute approximate surface area is 97.2 Å². The number of halogens is 3. The average Bonchev–Trinajstić information content (AvgIpc) is 2.08. The normalized spacial score (nSPS) is 12.0. The van der Waals surface area contributed by atoms with Gasteiger partial charge in [0.05, 0.1) is 0 Å². The number of nitrogens with two attached hydrogens (primary N) is 2. The molecule has 0 amide bonds. The van der Waals surface area contributed by atoms with Crippen molar-refractivity contribution < 1.29 is 0 Å². The third-order valence-electron chi connectivity index (χ3n) is 1.61. The first-order chi connectivity index (χ1) is 5.65. The molecule has 0 heterocycles. The lowest BCUT2D eigenvalue weighted by Gasteiger charge is -2.11. The fraction of sp³-hybridized carbons (Fsp3) is 0.250. The van der Waals surface area contributed by atoms with E-state index in [-0.39, 0.29) is 18.4 Å². The molecule has 74 valence electrons. The predicted octanol–water partition coefficient (Wildman–Crippen LogP) is 2.48. The highest BCUT2D eigenvalue weighted by Crippen LogP contribution is 2.24. The van der Waals surface area contributed by atoms with E-state index in [1.165, 1.54) is 0 Å². The van der Waals surface area contributed by atoms with Crippen LogP contribution < -0.4 is 11.5 Å². The van der Waals surface area contributed by atoms with Gasteiger partial charge in [-0.3, -0.25) is 0 Å². The first kappa shape index (κ1) is 13.2.